The van der Waals surface area contributed by atoms with Crippen molar-refractivity contribution in [1.29, 1.82) is 0 Å². The largest absolute Gasteiger partial charge is 0.497 e. The maximum Gasteiger partial charge on any atom is 0.304 e. The van der Waals surface area contributed by atoms with Gasteiger partial charge in [0.25, 0.3) is 5.91 Å². The van der Waals surface area contributed by atoms with Crippen LogP contribution in [0.4, 0.5) is 4.39 Å². The van der Waals surface area contributed by atoms with Crippen molar-refractivity contribution in [2.75, 3.05) is 14.2 Å². The number of nitrogens with one attached hydrogen (secondary N) is 2. The van der Waals surface area contributed by atoms with Gasteiger partial charge in [0.05, 0.1) is 14.2 Å². The highest BCUT2D eigenvalue weighted by Gasteiger charge is 2.47. The summed E-state index contributed by atoms with van der Waals surface area (Å²) in [5, 5.41) is 2.84. The normalized spacial score (nSPS) is 18.6. The second-order valence-electron chi connectivity index (χ2n) is 7.46. The molecule has 3 aromatic carbocycles. The number of benzene rings is 3. The Labute approximate surface area is 190 Å². The first-order chi connectivity index (χ1) is 16.0. The Hall–Kier alpha value is -4.20. The lowest BCUT2D eigenvalue weighted by Crippen LogP contribution is -2.42. The molecule has 0 spiro atoms. The number of halogens is 1. The molecule has 0 aromatic heterocycles. The van der Waals surface area contributed by atoms with Gasteiger partial charge in [-0.1, -0.05) is 0 Å². The topological polar surface area (TPSA) is 79.7 Å². The predicted octanol–water partition coefficient (Wildman–Crippen LogP) is 2.86. The minimum absolute atomic E-state index is 0.353. The summed E-state index contributed by atoms with van der Waals surface area (Å²) in [6, 6.07) is 18.4. The molecule has 2 N–H and O–H groups in total. The lowest BCUT2D eigenvalue weighted by molar-refractivity contribution is -0.596. The van der Waals surface area contributed by atoms with Crippen molar-refractivity contribution in [3.63, 3.8) is 0 Å². The fourth-order valence-corrected chi connectivity index (χ4v) is 3.66. The molecule has 8 heteroatoms. The predicted molar refractivity (Wildman–Crippen MR) is 120 cm³/mol. The van der Waals surface area contributed by atoms with Crippen molar-refractivity contribution in [3.8, 4) is 11.5 Å². The van der Waals surface area contributed by atoms with Crippen LogP contribution in [0.1, 0.15) is 27.5 Å². The standard InChI is InChI=1S/C25H22FN3O4/c1-32-20-11-5-17(6-12-20)23-22(27-24(30)18-7-13-21(33-2)14-8-18)25(31)28-29(23)15-16-3-9-19(26)10-4-16/h3-15,22-23H,1-2H3,(H-,27,28,30,31)/p+1/b29-15-/t22-,23+/m0/s1. The molecule has 0 radical (unpaired) electrons. The van der Waals surface area contributed by atoms with Gasteiger partial charge in [0, 0.05) is 16.7 Å². The molecule has 2 amide bonds. The Morgan fingerprint density at radius 1 is 0.939 bits per heavy atom. The fourth-order valence-electron chi connectivity index (χ4n) is 3.66. The molecule has 2 atom stereocenters. The summed E-state index contributed by atoms with van der Waals surface area (Å²) in [5.41, 5.74) is 4.68. The van der Waals surface area contributed by atoms with Gasteiger partial charge < -0.3 is 14.8 Å². The van der Waals surface area contributed by atoms with Gasteiger partial charge in [-0.25, -0.2) is 4.39 Å². The first-order valence-corrected chi connectivity index (χ1v) is 10.3. The van der Waals surface area contributed by atoms with Crippen LogP contribution in [0.15, 0.2) is 72.8 Å². The number of carbonyl (C=O) groups is 2. The van der Waals surface area contributed by atoms with Crippen LogP contribution in [-0.2, 0) is 4.79 Å². The first kappa shape index (κ1) is 22.0. The van der Waals surface area contributed by atoms with Gasteiger partial charge in [-0.3, -0.25) is 9.59 Å². The summed E-state index contributed by atoms with van der Waals surface area (Å²) < 4.78 is 25.3. The molecule has 0 bridgehead atoms. The van der Waals surface area contributed by atoms with Gasteiger partial charge in [0.15, 0.2) is 6.04 Å². The van der Waals surface area contributed by atoms with E-state index in [0.717, 1.165) is 5.56 Å². The van der Waals surface area contributed by atoms with Crippen molar-refractivity contribution in [2.24, 2.45) is 0 Å². The van der Waals surface area contributed by atoms with Crippen molar-refractivity contribution in [1.82, 2.24) is 10.7 Å². The van der Waals surface area contributed by atoms with Gasteiger partial charge in [-0.05, 0) is 72.8 Å². The van der Waals surface area contributed by atoms with Crippen molar-refractivity contribution in [2.45, 2.75) is 12.1 Å². The van der Waals surface area contributed by atoms with Crippen LogP contribution in [0, 0.1) is 5.82 Å². The Balaban J connectivity index is 1.67. The summed E-state index contributed by atoms with van der Waals surface area (Å²) in [6.07, 6.45) is 1.70. The molecule has 1 saturated heterocycles. The van der Waals surface area contributed by atoms with Gasteiger partial charge in [-0.2, -0.15) is 0 Å². The minimum Gasteiger partial charge on any atom is -0.497 e. The highest BCUT2D eigenvalue weighted by Crippen LogP contribution is 2.27. The molecule has 1 aliphatic rings. The summed E-state index contributed by atoms with van der Waals surface area (Å²) in [5.74, 6) is 0.190. The lowest BCUT2D eigenvalue weighted by Gasteiger charge is -2.15. The molecule has 1 fully saturated rings. The fraction of sp³-hybridized carbons (Fsp3) is 0.160. The highest BCUT2D eigenvalue weighted by atomic mass is 19.1. The molecule has 0 unspecified atom stereocenters. The van der Waals surface area contributed by atoms with E-state index in [2.05, 4.69) is 10.7 Å². The molecule has 0 aliphatic carbocycles. The van der Waals surface area contributed by atoms with Crippen LogP contribution in [0.3, 0.4) is 0 Å². The highest BCUT2D eigenvalue weighted by molar-refractivity contribution is 5.98. The number of hydrogen-bond donors (Lipinski definition) is 2. The number of hydrazone groups is 1. The molecule has 168 valence electrons. The quantitative estimate of drug-likeness (QED) is 0.569. The van der Waals surface area contributed by atoms with Crippen molar-refractivity contribution in [3.05, 3.63) is 95.3 Å². The van der Waals surface area contributed by atoms with Crippen molar-refractivity contribution >= 4 is 18.0 Å². The third kappa shape index (κ3) is 4.85. The molecule has 1 heterocycles. The third-order valence-electron chi connectivity index (χ3n) is 5.39. The Morgan fingerprint density at radius 3 is 2.09 bits per heavy atom. The van der Waals surface area contributed by atoms with Crippen LogP contribution < -0.4 is 20.2 Å². The van der Waals surface area contributed by atoms with Gasteiger partial charge in [-0.15, -0.1) is 10.1 Å². The van der Waals surface area contributed by atoms with Gasteiger partial charge >= 0.3 is 5.91 Å². The minimum atomic E-state index is -0.871. The van der Waals surface area contributed by atoms with Crippen molar-refractivity contribution < 1.29 is 28.1 Å². The summed E-state index contributed by atoms with van der Waals surface area (Å²) >= 11 is 0. The molecule has 4 rings (SSSR count). The Bertz CT molecular complexity index is 1180. The maximum absolute atomic E-state index is 13.3. The van der Waals surface area contributed by atoms with E-state index in [1.807, 2.05) is 12.1 Å². The average Bonchev–Trinajstić information content (AvgIpc) is 3.14. The molecular weight excluding hydrogens is 425 g/mol. The van der Waals surface area contributed by atoms with Crippen LogP contribution in [-0.4, -0.2) is 43.0 Å². The van der Waals surface area contributed by atoms with E-state index < -0.39 is 12.1 Å². The monoisotopic (exact) mass is 448 g/mol. The SMILES string of the molecule is COc1ccc(C(=O)N[C@@H]2C(=O)N/[N+](=C\c3ccc(F)cc3)[C@@H]2c2ccc(OC)cc2)cc1. The number of ether oxygens (including phenoxy) is 2. The molecule has 1 aliphatic heterocycles. The van der Waals surface area contributed by atoms with E-state index in [9.17, 15) is 14.0 Å². The average molecular weight is 448 g/mol. The van der Waals surface area contributed by atoms with E-state index in [4.69, 9.17) is 9.47 Å². The zero-order valence-electron chi connectivity index (χ0n) is 18.1. The lowest BCUT2D eigenvalue weighted by atomic mass is 9.99. The van der Waals surface area contributed by atoms with E-state index in [-0.39, 0.29) is 17.6 Å². The van der Waals surface area contributed by atoms with E-state index >= 15 is 0 Å². The number of methoxy groups -OCH3 is 2. The number of hydrogen-bond acceptors (Lipinski definition) is 4. The number of amides is 2. The number of rotatable bonds is 6. The molecule has 7 nitrogen and oxygen atoms in total. The Morgan fingerprint density at radius 2 is 1.52 bits per heavy atom. The first-order valence-electron chi connectivity index (χ1n) is 10.3. The van der Waals surface area contributed by atoms with Gasteiger partial charge in [0.2, 0.25) is 12.3 Å². The Kier molecular flexibility index (Phi) is 6.35. The van der Waals surface area contributed by atoms with Crippen LogP contribution >= 0.6 is 0 Å². The van der Waals surface area contributed by atoms with E-state index in [0.29, 0.717) is 22.6 Å². The number of nitrogens with zero attached hydrogens (tertiary/aromatic N) is 1. The second-order valence-corrected chi connectivity index (χ2v) is 7.46. The number of hydrazine groups is 1. The third-order valence-corrected chi connectivity index (χ3v) is 5.39. The van der Waals surface area contributed by atoms with Crippen LogP contribution in [0.2, 0.25) is 0 Å². The zero-order chi connectivity index (χ0) is 23.4. The molecule has 3 aromatic rings. The van der Waals surface area contributed by atoms with Crippen LogP contribution in [0.25, 0.3) is 0 Å². The second kappa shape index (κ2) is 9.52. The zero-order valence-corrected chi connectivity index (χ0v) is 18.1. The number of carbonyl (C=O) groups excluding carboxylic acids is 2. The smallest absolute Gasteiger partial charge is 0.304 e. The van der Waals surface area contributed by atoms with E-state index in [1.165, 1.54) is 12.1 Å². The van der Waals surface area contributed by atoms with E-state index in [1.54, 1.807) is 73.6 Å². The molecule has 0 saturated carbocycles. The van der Waals surface area contributed by atoms with Crippen LogP contribution in [0.5, 0.6) is 11.5 Å². The summed E-state index contributed by atoms with van der Waals surface area (Å²) in [6.45, 7) is 0. The summed E-state index contributed by atoms with van der Waals surface area (Å²) in [4.78, 5) is 25.8. The molecule has 33 heavy (non-hydrogen) atoms. The molecular formula is C25H23FN3O4+. The van der Waals surface area contributed by atoms with Gasteiger partial charge in [0.1, 0.15) is 17.3 Å². The summed E-state index contributed by atoms with van der Waals surface area (Å²) in [7, 11) is 3.12. The maximum atomic E-state index is 13.3.